The molecular formula is C14H19NO2. The third-order valence-electron chi connectivity index (χ3n) is 5.28. The summed E-state index contributed by atoms with van der Waals surface area (Å²) in [5.41, 5.74) is -0.847. The van der Waals surface area contributed by atoms with Gasteiger partial charge >= 0.3 is 5.97 Å². The molecule has 2 atom stereocenters. The number of carboxylic acid groups (broad SMARTS) is 1. The summed E-state index contributed by atoms with van der Waals surface area (Å²) < 4.78 is 0. The van der Waals surface area contributed by atoms with Crippen LogP contribution in [-0.2, 0) is 4.79 Å². The summed E-state index contributed by atoms with van der Waals surface area (Å²) in [6.07, 6.45) is 5.03. The van der Waals surface area contributed by atoms with E-state index >= 15 is 0 Å². The fourth-order valence-corrected chi connectivity index (χ4v) is 6.04. The highest BCUT2D eigenvalue weighted by atomic mass is 16.4. The molecule has 0 spiro atoms. The molecule has 0 saturated heterocycles. The van der Waals surface area contributed by atoms with E-state index in [1.54, 1.807) is 0 Å². The van der Waals surface area contributed by atoms with Gasteiger partial charge in [0, 0.05) is 0 Å². The van der Waals surface area contributed by atoms with Crippen LogP contribution in [0.5, 0.6) is 0 Å². The van der Waals surface area contributed by atoms with Gasteiger partial charge in [0.05, 0.1) is 16.9 Å². The van der Waals surface area contributed by atoms with Gasteiger partial charge in [-0.2, -0.15) is 5.26 Å². The molecule has 4 fully saturated rings. The van der Waals surface area contributed by atoms with E-state index in [2.05, 4.69) is 19.9 Å². The molecule has 2 unspecified atom stereocenters. The molecule has 92 valence electrons. The minimum absolute atomic E-state index is 0.0671. The molecule has 4 rings (SSSR count). The first kappa shape index (κ1) is 11.1. The Bertz CT molecular complexity index is 430. The van der Waals surface area contributed by atoms with Crippen molar-refractivity contribution in [1.29, 1.82) is 5.26 Å². The predicted octanol–water partition coefficient (Wildman–Crippen LogP) is 2.96. The van der Waals surface area contributed by atoms with Crippen LogP contribution in [0.1, 0.15) is 52.4 Å². The second-order valence-electron chi connectivity index (χ2n) is 7.66. The minimum atomic E-state index is -0.673. The molecule has 0 aromatic carbocycles. The molecule has 4 aliphatic carbocycles. The van der Waals surface area contributed by atoms with E-state index in [1.807, 2.05) is 0 Å². The molecule has 0 aliphatic heterocycles. The molecule has 0 aromatic rings. The van der Waals surface area contributed by atoms with Crippen molar-refractivity contribution in [3.63, 3.8) is 0 Å². The number of carboxylic acids is 1. The standard InChI is InChI=1S/C14H19NO2/c1-11-3-12(2)5-13(4-11,9-15)8-14(6-11,7-12)10(16)17/h3-8H2,1-2H3,(H,16,17). The van der Waals surface area contributed by atoms with E-state index < -0.39 is 11.4 Å². The van der Waals surface area contributed by atoms with E-state index in [0.717, 1.165) is 32.1 Å². The Labute approximate surface area is 102 Å². The smallest absolute Gasteiger partial charge is 0.309 e. The first-order chi connectivity index (χ1) is 7.75. The zero-order valence-electron chi connectivity index (χ0n) is 10.5. The van der Waals surface area contributed by atoms with Crippen LogP contribution in [-0.4, -0.2) is 11.1 Å². The van der Waals surface area contributed by atoms with E-state index in [-0.39, 0.29) is 16.2 Å². The van der Waals surface area contributed by atoms with E-state index in [1.165, 1.54) is 0 Å². The number of aliphatic carboxylic acids is 1. The maximum absolute atomic E-state index is 11.7. The van der Waals surface area contributed by atoms with Crippen molar-refractivity contribution < 1.29 is 9.90 Å². The molecule has 0 heterocycles. The highest BCUT2D eigenvalue weighted by molar-refractivity contribution is 5.76. The molecule has 1 N–H and O–H groups in total. The van der Waals surface area contributed by atoms with Crippen molar-refractivity contribution in [2.75, 3.05) is 0 Å². The van der Waals surface area contributed by atoms with Crippen molar-refractivity contribution in [2.45, 2.75) is 52.4 Å². The number of nitriles is 1. The zero-order chi connectivity index (χ0) is 12.5. The molecule has 0 radical (unpaired) electrons. The summed E-state index contributed by atoms with van der Waals surface area (Å²) in [6, 6.07) is 2.48. The normalized spacial score (nSPS) is 55.6. The molecule has 4 saturated carbocycles. The first-order valence-corrected chi connectivity index (χ1v) is 6.39. The number of hydrogen-bond acceptors (Lipinski definition) is 2. The minimum Gasteiger partial charge on any atom is -0.481 e. The molecule has 4 bridgehead atoms. The van der Waals surface area contributed by atoms with Crippen molar-refractivity contribution >= 4 is 5.97 Å². The van der Waals surface area contributed by atoms with Crippen LogP contribution in [0.2, 0.25) is 0 Å². The SMILES string of the molecule is CC12CC3(C)CC(C#N)(C1)CC(C(=O)O)(C2)C3. The van der Waals surface area contributed by atoms with Crippen LogP contribution >= 0.6 is 0 Å². The molecule has 0 aromatic heterocycles. The van der Waals surface area contributed by atoms with Gasteiger partial charge in [0.15, 0.2) is 0 Å². The van der Waals surface area contributed by atoms with Gasteiger partial charge in [-0.25, -0.2) is 0 Å². The van der Waals surface area contributed by atoms with Gasteiger partial charge in [0.25, 0.3) is 0 Å². The fraction of sp³-hybridized carbons (Fsp3) is 0.857. The first-order valence-electron chi connectivity index (χ1n) is 6.39. The maximum Gasteiger partial charge on any atom is 0.309 e. The topological polar surface area (TPSA) is 61.1 Å². The summed E-state index contributed by atoms with van der Waals surface area (Å²) in [5, 5.41) is 19.1. The predicted molar refractivity (Wildman–Crippen MR) is 62.0 cm³/mol. The van der Waals surface area contributed by atoms with Gasteiger partial charge in [-0.3, -0.25) is 4.79 Å². The third kappa shape index (κ3) is 1.30. The largest absolute Gasteiger partial charge is 0.481 e. The quantitative estimate of drug-likeness (QED) is 0.757. The zero-order valence-corrected chi connectivity index (χ0v) is 10.5. The molecule has 3 heteroatoms. The number of hydrogen-bond donors (Lipinski definition) is 1. The van der Waals surface area contributed by atoms with Gasteiger partial charge in [0.2, 0.25) is 0 Å². The van der Waals surface area contributed by atoms with E-state index in [4.69, 9.17) is 0 Å². The summed E-state index contributed by atoms with van der Waals surface area (Å²) in [4.78, 5) is 11.7. The Morgan fingerprint density at radius 3 is 2.00 bits per heavy atom. The van der Waals surface area contributed by atoms with Crippen LogP contribution in [0.3, 0.4) is 0 Å². The summed E-state index contributed by atoms with van der Waals surface area (Å²) in [6.45, 7) is 4.37. The lowest BCUT2D eigenvalue weighted by molar-refractivity contribution is -0.196. The lowest BCUT2D eigenvalue weighted by atomic mass is 9.36. The molecule has 4 aliphatic rings. The highest BCUT2D eigenvalue weighted by Gasteiger charge is 2.68. The van der Waals surface area contributed by atoms with Crippen molar-refractivity contribution in [3.05, 3.63) is 0 Å². The molecule has 3 nitrogen and oxygen atoms in total. The third-order valence-corrected chi connectivity index (χ3v) is 5.28. The van der Waals surface area contributed by atoms with Crippen LogP contribution < -0.4 is 0 Å². The fourth-order valence-electron chi connectivity index (χ4n) is 6.04. The highest BCUT2D eigenvalue weighted by Crippen LogP contribution is 2.73. The molecule has 0 amide bonds. The van der Waals surface area contributed by atoms with Gasteiger partial charge in [0.1, 0.15) is 0 Å². The Morgan fingerprint density at radius 2 is 1.59 bits per heavy atom. The van der Waals surface area contributed by atoms with Crippen LogP contribution in [0, 0.1) is 33.0 Å². The Hall–Kier alpha value is -1.04. The molecular weight excluding hydrogens is 214 g/mol. The van der Waals surface area contributed by atoms with Crippen molar-refractivity contribution in [3.8, 4) is 6.07 Å². The Morgan fingerprint density at radius 1 is 1.06 bits per heavy atom. The lowest BCUT2D eigenvalue weighted by Gasteiger charge is -2.66. The van der Waals surface area contributed by atoms with Crippen LogP contribution in [0.4, 0.5) is 0 Å². The van der Waals surface area contributed by atoms with Gasteiger partial charge in [-0.1, -0.05) is 13.8 Å². The average molecular weight is 233 g/mol. The van der Waals surface area contributed by atoms with Crippen LogP contribution in [0.25, 0.3) is 0 Å². The van der Waals surface area contributed by atoms with E-state index in [9.17, 15) is 15.2 Å². The Balaban J connectivity index is 2.14. The van der Waals surface area contributed by atoms with Gasteiger partial charge < -0.3 is 5.11 Å². The maximum atomic E-state index is 11.7. The van der Waals surface area contributed by atoms with Crippen LogP contribution in [0.15, 0.2) is 0 Å². The molecule has 17 heavy (non-hydrogen) atoms. The number of nitrogens with zero attached hydrogens (tertiary/aromatic N) is 1. The summed E-state index contributed by atoms with van der Waals surface area (Å²) in [7, 11) is 0. The second kappa shape index (κ2) is 2.68. The number of carbonyl (C=O) groups is 1. The van der Waals surface area contributed by atoms with Gasteiger partial charge in [-0.15, -0.1) is 0 Å². The van der Waals surface area contributed by atoms with Crippen molar-refractivity contribution in [2.24, 2.45) is 21.7 Å². The second-order valence-corrected chi connectivity index (χ2v) is 7.66. The summed E-state index contributed by atoms with van der Waals surface area (Å²) in [5.74, 6) is -0.673. The van der Waals surface area contributed by atoms with Gasteiger partial charge in [-0.05, 0) is 49.4 Å². The van der Waals surface area contributed by atoms with E-state index in [0.29, 0.717) is 6.42 Å². The number of rotatable bonds is 1. The lowest BCUT2D eigenvalue weighted by Crippen LogP contribution is -2.61. The van der Waals surface area contributed by atoms with Crippen molar-refractivity contribution in [1.82, 2.24) is 0 Å². The monoisotopic (exact) mass is 233 g/mol. The summed E-state index contributed by atoms with van der Waals surface area (Å²) >= 11 is 0. The Kier molecular flexibility index (Phi) is 1.75. The average Bonchev–Trinajstić information content (AvgIpc) is 2.11.